The van der Waals surface area contributed by atoms with Crippen LogP contribution < -0.4 is 0 Å². The van der Waals surface area contributed by atoms with Crippen molar-refractivity contribution in [3.8, 4) is 33.5 Å². The van der Waals surface area contributed by atoms with Gasteiger partial charge in [-0.2, -0.15) is 0 Å². The lowest BCUT2D eigenvalue weighted by Crippen LogP contribution is -1.94. The second-order valence-corrected chi connectivity index (χ2v) is 8.13. The summed E-state index contributed by atoms with van der Waals surface area (Å²) >= 11 is 0. The van der Waals surface area contributed by atoms with Crippen molar-refractivity contribution in [2.75, 3.05) is 0 Å². The summed E-state index contributed by atoms with van der Waals surface area (Å²) in [4.78, 5) is 28.4. The smallest absolute Gasteiger partial charge is 0.159 e. The first kappa shape index (κ1) is 20.6. The number of fused-ring (bicyclic) bond motifs is 1. The van der Waals surface area contributed by atoms with Crippen LogP contribution in [0.25, 0.3) is 39.2 Å². The molecule has 5 aromatic rings. The Balaban J connectivity index is 1.70. The van der Waals surface area contributed by atoms with Crippen LogP contribution in [-0.2, 0) is 0 Å². The van der Waals surface area contributed by atoms with E-state index in [1.807, 2.05) is 89.5 Å². The summed E-state index contributed by atoms with van der Waals surface area (Å²) < 4.78 is 2.05. The number of imidazole rings is 1. The lowest BCUT2D eigenvalue weighted by Gasteiger charge is -2.10. The first-order valence-corrected chi connectivity index (χ1v) is 10.8. The molecule has 4 nitrogen and oxygen atoms in total. The second kappa shape index (κ2) is 8.32. The van der Waals surface area contributed by atoms with Gasteiger partial charge < -0.3 is 4.40 Å². The minimum Gasteiger partial charge on any atom is -0.305 e. The van der Waals surface area contributed by atoms with Crippen molar-refractivity contribution < 1.29 is 9.59 Å². The first-order valence-electron chi connectivity index (χ1n) is 10.8. The Hall–Kier alpha value is -4.31. The van der Waals surface area contributed by atoms with E-state index in [2.05, 4.69) is 12.3 Å². The molecule has 160 valence electrons. The van der Waals surface area contributed by atoms with E-state index in [1.165, 1.54) is 0 Å². The van der Waals surface area contributed by atoms with Crippen molar-refractivity contribution in [2.45, 2.75) is 13.8 Å². The van der Waals surface area contributed by atoms with E-state index in [9.17, 15) is 9.59 Å². The molecule has 0 N–H and O–H groups in total. The van der Waals surface area contributed by atoms with Gasteiger partial charge in [0.05, 0.1) is 5.69 Å². The largest absolute Gasteiger partial charge is 0.305 e. The van der Waals surface area contributed by atoms with Crippen LogP contribution in [0.15, 0.2) is 97.3 Å². The van der Waals surface area contributed by atoms with Gasteiger partial charge in [-0.05, 0) is 36.6 Å². The highest BCUT2D eigenvalue weighted by Gasteiger charge is 2.13. The number of Topliss-reactive ketones (excluding diaryl/α,β-unsaturated/α-hetero) is 2. The number of nitrogens with zero attached hydrogens (tertiary/aromatic N) is 2. The van der Waals surface area contributed by atoms with Gasteiger partial charge in [0, 0.05) is 34.6 Å². The van der Waals surface area contributed by atoms with Gasteiger partial charge in [0.15, 0.2) is 11.6 Å². The molecule has 0 aliphatic carbocycles. The van der Waals surface area contributed by atoms with Crippen LogP contribution in [0.4, 0.5) is 0 Å². The average Bonchev–Trinajstić information content (AvgIpc) is 3.28. The second-order valence-electron chi connectivity index (χ2n) is 8.13. The maximum absolute atomic E-state index is 11.7. The Bertz CT molecular complexity index is 1480. The van der Waals surface area contributed by atoms with E-state index in [1.54, 1.807) is 13.8 Å². The number of carbonyl (C=O) groups is 2. The predicted molar refractivity (Wildman–Crippen MR) is 132 cm³/mol. The fourth-order valence-electron chi connectivity index (χ4n) is 4.00. The number of pyridine rings is 1. The highest BCUT2D eigenvalue weighted by molar-refractivity contribution is 5.95. The van der Waals surface area contributed by atoms with Gasteiger partial charge in [0.25, 0.3) is 0 Å². The molecule has 0 atom stereocenters. The van der Waals surface area contributed by atoms with Crippen LogP contribution in [0.1, 0.15) is 34.6 Å². The molecular formula is C29H22N2O2. The third-order valence-electron chi connectivity index (χ3n) is 5.85. The molecule has 0 aliphatic rings. The van der Waals surface area contributed by atoms with Gasteiger partial charge in [0.1, 0.15) is 5.65 Å². The Kier molecular flexibility index (Phi) is 5.19. The van der Waals surface area contributed by atoms with Crippen molar-refractivity contribution in [1.82, 2.24) is 9.38 Å². The molecular weight excluding hydrogens is 408 g/mol. The average molecular weight is 431 g/mol. The minimum atomic E-state index is 0.0400. The maximum Gasteiger partial charge on any atom is 0.159 e. The van der Waals surface area contributed by atoms with Crippen LogP contribution >= 0.6 is 0 Å². The molecule has 0 unspecified atom stereocenters. The molecule has 0 aliphatic heterocycles. The standard InChI is InChI=1S/C29H22N2O2/c1-19(32)21-8-12-23(13-9-21)26-16-27(24-14-10-22(11-15-24)20(2)33)29-30-28(18-31(29)17-26)25-6-4-3-5-7-25/h3-18H,1-2H3. The Morgan fingerprint density at radius 1 is 0.636 bits per heavy atom. The van der Waals surface area contributed by atoms with Crippen molar-refractivity contribution in [3.63, 3.8) is 0 Å². The van der Waals surface area contributed by atoms with Crippen molar-refractivity contribution in [2.24, 2.45) is 0 Å². The molecule has 4 heteroatoms. The van der Waals surface area contributed by atoms with Crippen LogP contribution in [-0.4, -0.2) is 21.0 Å². The molecule has 0 fully saturated rings. The van der Waals surface area contributed by atoms with E-state index < -0.39 is 0 Å². The van der Waals surface area contributed by atoms with E-state index in [4.69, 9.17) is 4.98 Å². The summed E-state index contributed by atoms with van der Waals surface area (Å²) in [5.74, 6) is 0.0866. The zero-order valence-electron chi connectivity index (χ0n) is 18.4. The van der Waals surface area contributed by atoms with Gasteiger partial charge in [-0.25, -0.2) is 4.98 Å². The fourth-order valence-corrected chi connectivity index (χ4v) is 4.00. The normalized spacial score (nSPS) is 11.0. The van der Waals surface area contributed by atoms with Crippen molar-refractivity contribution in [3.05, 3.63) is 108 Å². The highest BCUT2D eigenvalue weighted by Crippen LogP contribution is 2.32. The van der Waals surface area contributed by atoms with Crippen LogP contribution in [0.2, 0.25) is 0 Å². The number of aromatic nitrogens is 2. The maximum atomic E-state index is 11.7. The topological polar surface area (TPSA) is 51.4 Å². The van der Waals surface area contributed by atoms with Gasteiger partial charge in [-0.1, -0.05) is 78.9 Å². The number of carbonyl (C=O) groups excluding carboxylic acids is 2. The molecule has 0 spiro atoms. The minimum absolute atomic E-state index is 0.0400. The molecule has 5 rings (SSSR count). The first-order chi connectivity index (χ1) is 16.0. The third kappa shape index (κ3) is 3.99. The molecule has 0 radical (unpaired) electrons. The molecule has 2 heterocycles. The molecule has 0 saturated heterocycles. The lowest BCUT2D eigenvalue weighted by molar-refractivity contribution is 0.100. The van der Waals surface area contributed by atoms with E-state index >= 15 is 0 Å². The molecule has 0 bridgehead atoms. The fraction of sp³-hybridized carbons (Fsp3) is 0.0690. The van der Waals surface area contributed by atoms with Gasteiger partial charge in [-0.3, -0.25) is 9.59 Å². The molecule has 33 heavy (non-hydrogen) atoms. The Morgan fingerprint density at radius 2 is 1.21 bits per heavy atom. The number of hydrogen-bond donors (Lipinski definition) is 0. The SMILES string of the molecule is CC(=O)c1ccc(-c2cc(-c3ccc(C(C)=O)cc3)c3nc(-c4ccccc4)cn3c2)cc1. The van der Waals surface area contributed by atoms with Gasteiger partial charge in [-0.15, -0.1) is 0 Å². The molecule has 0 amide bonds. The van der Waals surface area contributed by atoms with Crippen LogP contribution in [0, 0.1) is 0 Å². The Morgan fingerprint density at radius 3 is 1.79 bits per heavy atom. The number of rotatable bonds is 5. The van der Waals surface area contributed by atoms with Gasteiger partial charge >= 0.3 is 0 Å². The summed E-state index contributed by atoms with van der Waals surface area (Å²) in [5.41, 5.74) is 8.13. The van der Waals surface area contributed by atoms with Crippen LogP contribution in [0.5, 0.6) is 0 Å². The summed E-state index contributed by atoms with van der Waals surface area (Å²) in [6, 6.07) is 27.5. The summed E-state index contributed by atoms with van der Waals surface area (Å²) in [7, 11) is 0. The third-order valence-corrected chi connectivity index (χ3v) is 5.85. The van der Waals surface area contributed by atoms with Crippen LogP contribution in [0.3, 0.4) is 0 Å². The summed E-state index contributed by atoms with van der Waals surface area (Å²) in [6.45, 7) is 3.14. The van der Waals surface area contributed by atoms with E-state index in [0.717, 1.165) is 39.2 Å². The van der Waals surface area contributed by atoms with E-state index in [-0.39, 0.29) is 11.6 Å². The lowest BCUT2D eigenvalue weighted by atomic mass is 9.99. The monoisotopic (exact) mass is 430 g/mol. The molecule has 0 saturated carbocycles. The number of hydrogen-bond acceptors (Lipinski definition) is 3. The zero-order valence-corrected chi connectivity index (χ0v) is 18.4. The molecule has 2 aromatic heterocycles. The quantitative estimate of drug-likeness (QED) is 0.290. The summed E-state index contributed by atoms with van der Waals surface area (Å²) in [6.07, 6.45) is 4.09. The van der Waals surface area contributed by atoms with Gasteiger partial charge in [0.2, 0.25) is 0 Å². The Labute approximate surface area is 192 Å². The van der Waals surface area contributed by atoms with Crippen molar-refractivity contribution >= 4 is 17.2 Å². The highest BCUT2D eigenvalue weighted by atomic mass is 16.1. The molecule has 3 aromatic carbocycles. The predicted octanol–water partition coefficient (Wildman–Crippen LogP) is 6.74. The van der Waals surface area contributed by atoms with Crippen molar-refractivity contribution in [1.29, 1.82) is 0 Å². The summed E-state index contributed by atoms with van der Waals surface area (Å²) in [5, 5.41) is 0. The van der Waals surface area contributed by atoms with E-state index in [0.29, 0.717) is 11.1 Å². The number of ketones is 2. The zero-order chi connectivity index (χ0) is 22.9. The number of benzene rings is 3.